The molecule has 0 aromatic heterocycles. The van der Waals surface area contributed by atoms with Crippen molar-refractivity contribution in [1.29, 1.82) is 0 Å². The first-order valence-electron chi connectivity index (χ1n) is 8.25. The van der Waals surface area contributed by atoms with Gasteiger partial charge in [0.15, 0.2) is 0 Å². The van der Waals surface area contributed by atoms with Crippen molar-refractivity contribution in [3.8, 4) is 5.75 Å². The molecule has 9 nitrogen and oxygen atoms in total. The van der Waals surface area contributed by atoms with E-state index < -0.39 is 11.9 Å². The Morgan fingerprint density at radius 1 is 1.22 bits per heavy atom. The number of carbonyl (C=O) groups excluding carboxylic acids is 1. The van der Waals surface area contributed by atoms with Crippen molar-refractivity contribution in [2.75, 3.05) is 40.3 Å². The molecule has 0 bridgehead atoms. The van der Waals surface area contributed by atoms with Gasteiger partial charge in [0.1, 0.15) is 11.9 Å². The zero-order chi connectivity index (χ0) is 20.4. The molecule has 1 aromatic carbocycles. The number of likely N-dealkylation sites (N-methyl/N-ethyl adjacent to an activating group) is 1. The van der Waals surface area contributed by atoms with E-state index in [-0.39, 0.29) is 12.1 Å². The Balaban J connectivity index is 0.000000527. The summed E-state index contributed by atoms with van der Waals surface area (Å²) in [5.41, 5.74) is 0. The molecule has 2 amide bonds. The first-order valence-corrected chi connectivity index (χ1v) is 9.04. The van der Waals surface area contributed by atoms with Gasteiger partial charge in [-0.05, 0) is 38.4 Å². The van der Waals surface area contributed by atoms with Crippen LogP contribution in [0.1, 0.15) is 6.42 Å². The number of urea groups is 1. The van der Waals surface area contributed by atoms with Crippen LogP contribution in [0.15, 0.2) is 28.7 Å². The highest BCUT2D eigenvalue weighted by molar-refractivity contribution is 9.10. The van der Waals surface area contributed by atoms with Crippen LogP contribution in [-0.2, 0) is 9.59 Å². The molecule has 0 saturated carbocycles. The van der Waals surface area contributed by atoms with Crippen molar-refractivity contribution < 1.29 is 29.3 Å². The maximum Gasteiger partial charge on any atom is 0.414 e. The Morgan fingerprint density at radius 2 is 1.81 bits per heavy atom. The third-order valence-electron chi connectivity index (χ3n) is 3.57. The van der Waals surface area contributed by atoms with Gasteiger partial charge in [0.05, 0.1) is 6.54 Å². The number of benzene rings is 1. The van der Waals surface area contributed by atoms with Gasteiger partial charge < -0.3 is 30.1 Å². The second kappa shape index (κ2) is 11.4. The summed E-state index contributed by atoms with van der Waals surface area (Å²) in [6.07, 6.45) is 0.947. The van der Waals surface area contributed by atoms with Crippen LogP contribution < -0.4 is 10.1 Å². The molecule has 150 valence electrons. The van der Waals surface area contributed by atoms with Gasteiger partial charge in [-0.1, -0.05) is 15.9 Å². The predicted molar refractivity (Wildman–Crippen MR) is 102 cm³/mol. The summed E-state index contributed by atoms with van der Waals surface area (Å²) < 4.78 is 6.93. The van der Waals surface area contributed by atoms with Gasteiger partial charge in [0, 0.05) is 30.5 Å². The number of hydrogen-bond donors (Lipinski definition) is 3. The van der Waals surface area contributed by atoms with Crippen LogP contribution in [0.2, 0.25) is 0 Å². The van der Waals surface area contributed by atoms with Crippen LogP contribution in [0.3, 0.4) is 0 Å². The molecule has 10 heteroatoms. The molecule has 1 unspecified atom stereocenters. The van der Waals surface area contributed by atoms with Crippen molar-refractivity contribution >= 4 is 33.9 Å². The van der Waals surface area contributed by atoms with Crippen molar-refractivity contribution in [2.45, 2.75) is 12.5 Å². The Bertz CT molecular complexity index is 626. The van der Waals surface area contributed by atoms with Crippen molar-refractivity contribution in [2.24, 2.45) is 0 Å². The van der Waals surface area contributed by atoms with Crippen LogP contribution in [-0.4, -0.2) is 84.4 Å². The molecule has 1 atom stereocenters. The highest BCUT2D eigenvalue weighted by atomic mass is 79.9. The third kappa shape index (κ3) is 9.25. The minimum Gasteiger partial charge on any atom is -0.489 e. The second-order valence-electron chi connectivity index (χ2n) is 6.07. The first kappa shape index (κ1) is 22.7. The number of aliphatic carboxylic acids is 2. The van der Waals surface area contributed by atoms with Crippen molar-refractivity contribution in [3.63, 3.8) is 0 Å². The fourth-order valence-corrected chi connectivity index (χ4v) is 2.48. The predicted octanol–water partition coefficient (Wildman–Crippen LogP) is 1.33. The molecular formula is C17H24BrN3O6. The number of carbonyl (C=O) groups is 3. The highest BCUT2D eigenvalue weighted by Crippen LogP contribution is 2.20. The summed E-state index contributed by atoms with van der Waals surface area (Å²) in [5.74, 6) is -2.80. The standard InChI is InChI=1S/C15H22BrN3O2.C2H2O4/c1-18(2)10-8-17-15(20)19-9-7-14(11-19)21-13-5-3-12(16)4-6-13;3-1(4)2(5)6/h3-6,14H,7-11H2,1-2H3,(H,17,20);(H,3,4)(H,5,6). The van der Waals surface area contributed by atoms with Gasteiger partial charge in [-0.15, -0.1) is 0 Å². The number of amides is 2. The number of likely N-dealkylation sites (tertiary alicyclic amines) is 1. The minimum atomic E-state index is -1.82. The quantitative estimate of drug-likeness (QED) is 0.584. The number of nitrogens with one attached hydrogen (secondary N) is 1. The lowest BCUT2D eigenvalue weighted by molar-refractivity contribution is -0.159. The van der Waals surface area contributed by atoms with E-state index in [0.29, 0.717) is 13.1 Å². The van der Waals surface area contributed by atoms with E-state index in [1.54, 1.807) is 0 Å². The van der Waals surface area contributed by atoms with Crippen LogP contribution in [0.5, 0.6) is 5.75 Å². The molecule has 27 heavy (non-hydrogen) atoms. The number of carboxylic acids is 2. The Labute approximate surface area is 166 Å². The normalized spacial score (nSPS) is 15.7. The maximum absolute atomic E-state index is 12.0. The summed E-state index contributed by atoms with van der Waals surface area (Å²) in [6, 6.07) is 7.78. The van der Waals surface area contributed by atoms with E-state index in [9.17, 15) is 4.79 Å². The monoisotopic (exact) mass is 445 g/mol. The minimum absolute atomic E-state index is 0.00115. The van der Waals surface area contributed by atoms with E-state index in [0.717, 1.165) is 29.7 Å². The number of rotatable bonds is 5. The largest absolute Gasteiger partial charge is 0.489 e. The molecule has 1 aliphatic heterocycles. The summed E-state index contributed by atoms with van der Waals surface area (Å²) in [7, 11) is 3.98. The molecule has 1 aliphatic rings. The smallest absolute Gasteiger partial charge is 0.414 e. The fourth-order valence-electron chi connectivity index (χ4n) is 2.21. The average molecular weight is 446 g/mol. The number of nitrogens with zero attached hydrogens (tertiary/aromatic N) is 2. The van der Waals surface area contributed by atoms with Gasteiger partial charge >= 0.3 is 18.0 Å². The van der Waals surface area contributed by atoms with Crippen molar-refractivity contribution in [1.82, 2.24) is 15.1 Å². The zero-order valence-electron chi connectivity index (χ0n) is 15.2. The van der Waals surface area contributed by atoms with Crippen LogP contribution in [0.25, 0.3) is 0 Å². The fraction of sp³-hybridized carbons (Fsp3) is 0.471. The maximum atomic E-state index is 12.0. The number of ether oxygens (including phenoxy) is 1. The summed E-state index contributed by atoms with van der Waals surface area (Å²) >= 11 is 3.40. The molecule has 1 saturated heterocycles. The first-order chi connectivity index (χ1) is 12.7. The topological polar surface area (TPSA) is 119 Å². The molecular weight excluding hydrogens is 422 g/mol. The molecule has 1 heterocycles. The van der Waals surface area contributed by atoms with E-state index >= 15 is 0 Å². The lowest BCUT2D eigenvalue weighted by Crippen LogP contribution is -2.41. The van der Waals surface area contributed by atoms with Crippen LogP contribution in [0, 0.1) is 0 Å². The third-order valence-corrected chi connectivity index (χ3v) is 4.10. The Morgan fingerprint density at radius 3 is 2.33 bits per heavy atom. The van der Waals surface area contributed by atoms with Gasteiger partial charge in [0.25, 0.3) is 0 Å². The SMILES string of the molecule is CN(C)CCNC(=O)N1CCC(Oc2ccc(Br)cc2)C1.O=C(O)C(=O)O. The van der Waals surface area contributed by atoms with E-state index in [2.05, 4.69) is 21.2 Å². The summed E-state index contributed by atoms with van der Waals surface area (Å²) in [5, 5.41) is 17.7. The van der Waals surface area contributed by atoms with E-state index in [4.69, 9.17) is 24.5 Å². The Hall–Kier alpha value is -2.33. The van der Waals surface area contributed by atoms with Crippen LogP contribution in [0.4, 0.5) is 4.79 Å². The molecule has 0 spiro atoms. The number of carboxylic acid groups (broad SMARTS) is 2. The second-order valence-corrected chi connectivity index (χ2v) is 6.99. The van der Waals surface area contributed by atoms with Gasteiger partial charge in [-0.2, -0.15) is 0 Å². The molecule has 0 aliphatic carbocycles. The van der Waals surface area contributed by atoms with Crippen LogP contribution >= 0.6 is 15.9 Å². The molecule has 1 fully saturated rings. The van der Waals surface area contributed by atoms with Gasteiger partial charge in [-0.25, -0.2) is 14.4 Å². The average Bonchev–Trinajstić information content (AvgIpc) is 3.05. The molecule has 3 N–H and O–H groups in total. The van der Waals surface area contributed by atoms with Gasteiger partial charge in [0.2, 0.25) is 0 Å². The Kier molecular flexibility index (Phi) is 9.59. The van der Waals surface area contributed by atoms with E-state index in [1.807, 2.05) is 48.2 Å². The lowest BCUT2D eigenvalue weighted by atomic mass is 10.3. The molecule has 1 aromatic rings. The van der Waals surface area contributed by atoms with Gasteiger partial charge in [-0.3, -0.25) is 0 Å². The number of halogens is 1. The van der Waals surface area contributed by atoms with E-state index in [1.165, 1.54) is 0 Å². The highest BCUT2D eigenvalue weighted by Gasteiger charge is 2.27. The zero-order valence-corrected chi connectivity index (χ0v) is 16.8. The lowest BCUT2D eigenvalue weighted by Gasteiger charge is -2.19. The summed E-state index contributed by atoms with van der Waals surface area (Å²) in [4.78, 5) is 34.1. The van der Waals surface area contributed by atoms with Crippen molar-refractivity contribution in [3.05, 3.63) is 28.7 Å². The molecule has 0 radical (unpaired) electrons. The summed E-state index contributed by atoms with van der Waals surface area (Å²) in [6.45, 7) is 2.90. The number of hydrogen-bond acceptors (Lipinski definition) is 5. The molecule has 2 rings (SSSR count).